The van der Waals surface area contributed by atoms with Crippen LogP contribution in [-0.4, -0.2) is 17.9 Å². The lowest BCUT2D eigenvalue weighted by Gasteiger charge is -2.13. The fourth-order valence-electron chi connectivity index (χ4n) is 1.71. The molecule has 0 unspecified atom stereocenters. The fraction of sp³-hybridized carbons (Fsp3) is 0.308. The molecule has 2 rings (SSSR count). The van der Waals surface area contributed by atoms with Gasteiger partial charge in [-0.1, -0.05) is 25.1 Å². The predicted molar refractivity (Wildman–Crippen MR) is 63.0 cm³/mol. The minimum absolute atomic E-state index is 0.125. The average molecular weight is 217 g/mol. The van der Waals surface area contributed by atoms with Crippen molar-refractivity contribution in [2.75, 3.05) is 7.05 Å². The molecule has 0 saturated heterocycles. The highest BCUT2D eigenvalue weighted by molar-refractivity contribution is 5.78. The number of carbonyl (C=O) groups is 1. The van der Waals surface area contributed by atoms with Gasteiger partial charge in [-0.3, -0.25) is 4.79 Å². The van der Waals surface area contributed by atoms with Gasteiger partial charge in [0, 0.05) is 18.9 Å². The van der Waals surface area contributed by atoms with Gasteiger partial charge in [0.15, 0.2) is 0 Å². The second-order valence-corrected chi connectivity index (χ2v) is 3.85. The molecule has 0 radical (unpaired) electrons. The Hall–Kier alpha value is -1.77. The topological polar surface area (TPSA) is 33.5 Å². The molecule has 0 aliphatic rings. The number of furan rings is 1. The van der Waals surface area contributed by atoms with Gasteiger partial charge >= 0.3 is 0 Å². The molecule has 3 nitrogen and oxygen atoms in total. The quantitative estimate of drug-likeness (QED) is 0.792. The number of nitrogens with zero attached hydrogens (tertiary/aromatic N) is 1. The van der Waals surface area contributed by atoms with E-state index in [2.05, 4.69) is 0 Å². The Morgan fingerprint density at radius 1 is 1.38 bits per heavy atom. The number of para-hydroxylation sites is 1. The normalized spacial score (nSPS) is 10.6. The minimum Gasteiger partial charge on any atom is -0.459 e. The van der Waals surface area contributed by atoms with Crippen molar-refractivity contribution in [3.63, 3.8) is 0 Å². The Morgan fingerprint density at radius 2 is 2.12 bits per heavy atom. The van der Waals surface area contributed by atoms with Crippen LogP contribution in [-0.2, 0) is 11.3 Å². The third-order valence-electron chi connectivity index (χ3n) is 2.60. The molecule has 0 aliphatic carbocycles. The van der Waals surface area contributed by atoms with Crippen LogP contribution >= 0.6 is 0 Å². The van der Waals surface area contributed by atoms with E-state index in [9.17, 15) is 4.79 Å². The second kappa shape index (κ2) is 4.39. The van der Waals surface area contributed by atoms with Gasteiger partial charge in [0.2, 0.25) is 5.91 Å². The van der Waals surface area contributed by atoms with Crippen LogP contribution in [0.2, 0.25) is 0 Å². The van der Waals surface area contributed by atoms with E-state index in [1.807, 2.05) is 37.3 Å². The summed E-state index contributed by atoms with van der Waals surface area (Å²) >= 11 is 0. The molecule has 16 heavy (non-hydrogen) atoms. The molecule has 0 fully saturated rings. The van der Waals surface area contributed by atoms with E-state index in [4.69, 9.17) is 4.42 Å². The first kappa shape index (κ1) is 10.7. The molecule has 84 valence electrons. The molecule has 1 amide bonds. The Labute approximate surface area is 94.7 Å². The molecule has 0 saturated carbocycles. The number of rotatable bonds is 3. The number of benzene rings is 1. The van der Waals surface area contributed by atoms with Crippen LogP contribution in [0.1, 0.15) is 19.1 Å². The molecule has 0 aliphatic heterocycles. The Bertz CT molecular complexity index is 468. The van der Waals surface area contributed by atoms with Crippen LogP contribution in [0.5, 0.6) is 0 Å². The summed E-state index contributed by atoms with van der Waals surface area (Å²) in [5.74, 6) is 0.950. The van der Waals surface area contributed by atoms with E-state index in [1.165, 1.54) is 0 Å². The van der Waals surface area contributed by atoms with E-state index in [0.29, 0.717) is 13.0 Å². The van der Waals surface area contributed by atoms with Crippen LogP contribution in [0, 0.1) is 0 Å². The van der Waals surface area contributed by atoms with Crippen molar-refractivity contribution in [1.29, 1.82) is 0 Å². The van der Waals surface area contributed by atoms with Crippen LogP contribution in [0.25, 0.3) is 11.0 Å². The standard InChI is InChI=1S/C13H15NO2/c1-3-13(15)14(2)9-11-8-10-6-4-5-7-12(10)16-11/h4-8H,3,9H2,1-2H3. The van der Waals surface area contributed by atoms with Crippen LogP contribution in [0.15, 0.2) is 34.7 Å². The highest BCUT2D eigenvalue weighted by Crippen LogP contribution is 2.19. The van der Waals surface area contributed by atoms with Gasteiger partial charge in [-0.2, -0.15) is 0 Å². The Morgan fingerprint density at radius 3 is 2.81 bits per heavy atom. The van der Waals surface area contributed by atoms with Crippen LogP contribution < -0.4 is 0 Å². The van der Waals surface area contributed by atoms with Gasteiger partial charge in [-0.15, -0.1) is 0 Å². The Kier molecular flexibility index (Phi) is 2.95. The number of carbonyl (C=O) groups excluding carboxylic acids is 1. The smallest absolute Gasteiger partial charge is 0.222 e. The highest BCUT2D eigenvalue weighted by Gasteiger charge is 2.09. The van der Waals surface area contributed by atoms with Crippen molar-refractivity contribution in [2.45, 2.75) is 19.9 Å². The zero-order valence-electron chi connectivity index (χ0n) is 9.56. The van der Waals surface area contributed by atoms with E-state index >= 15 is 0 Å². The molecule has 0 atom stereocenters. The maximum atomic E-state index is 11.4. The zero-order valence-corrected chi connectivity index (χ0v) is 9.56. The van der Waals surface area contributed by atoms with Crippen molar-refractivity contribution in [1.82, 2.24) is 4.90 Å². The zero-order chi connectivity index (χ0) is 11.5. The lowest BCUT2D eigenvalue weighted by atomic mass is 10.2. The van der Waals surface area contributed by atoms with Gasteiger partial charge in [0.05, 0.1) is 6.54 Å². The highest BCUT2D eigenvalue weighted by atomic mass is 16.3. The first-order chi connectivity index (χ1) is 7.70. The molecule has 1 aromatic carbocycles. The van der Waals surface area contributed by atoms with E-state index < -0.39 is 0 Å². The van der Waals surface area contributed by atoms with Gasteiger partial charge < -0.3 is 9.32 Å². The molecule has 0 bridgehead atoms. The predicted octanol–water partition coefficient (Wildman–Crippen LogP) is 2.80. The largest absolute Gasteiger partial charge is 0.459 e. The van der Waals surface area contributed by atoms with Crippen molar-refractivity contribution in [3.8, 4) is 0 Å². The van der Waals surface area contributed by atoms with E-state index in [1.54, 1.807) is 11.9 Å². The molecule has 1 aromatic heterocycles. The summed E-state index contributed by atoms with van der Waals surface area (Å²) in [7, 11) is 1.79. The van der Waals surface area contributed by atoms with E-state index in [0.717, 1.165) is 16.7 Å². The van der Waals surface area contributed by atoms with Crippen LogP contribution in [0.4, 0.5) is 0 Å². The summed E-state index contributed by atoms with van der Waals surface area (Å²) in [6.07, 6.45) is 0.525. The number of hydrogen-bond acceptors (Lipinski definition) is 2. The first-order valence-electron chi connectivity index (χ1n) is 5.42. The maximum absolute atomic E-state index is 11.4. The second-order valence-electron chi connectivity index (χ2n) is 3.85. The van der Waals surface area contributed by atoms with Crippen molar-refractivity contribution in [3.05, 3.63) is 36.1 Å². The van der Waals surface area contributed by atoms with Gasteiger partial charge in [0.25, 0.3) is 0 Å². The molecule has 0 N–H and O–H groups in total. The third-order valence-corrected chi connectivity index (χ3v) is 2.60. The number of amides is 1. The van der Waals surface area contributed by atoms with Crippen molar-refractivity contribution >= 4 is 16.9 Å². The summed E-state index contributed by atoms with van der Waals surface area (Å²) in [4.78, 5) is 13.1. The van der Waals surface area contributed by atoms with Gasteiger partial charge in [-0.05, 0) is 12.1 Å². The third kappa shape index (κ3) is 2.08. The number of fused-ring (bicyclic) bond motifs is 1. The molecule has 0 spiro atoms. The van der Waals surface area contributed by atoms with Crippen molar-refractivity contribution in [2.24, 2.45) is 0 Å². The van der Waals surface area contributed by atoms with Crippen molar-refractivity contribution < 1.29 is 9.21 Å². The lowest BCUT2D eigenvalue weighted by molar-refractivity contribution is -0.130. The first-order valence-corrected chi connectivity index (χ1v) is 5.42. The summed E-state index contributed by atoms with van der Waals surface area (Å²) in [6.45, 7) is 2.39. The summed E-state index contributed by atoms with van der Waals surface area (Å²) in [5, 5.41) is 1.08. The maximum Gasteiger partial charge on any atom is 0.222 e. The Balaban J connectivity index is 2.18. The minimum atomic E-state index is 0.125. The summed E-state index contributed by atoms with van der Waals surface area (Å²) in [5.41, 5.74) is 0.870. The SMILES string of the molecule is CCC(=O)N(C)Cc1cc2ccccc2o1. The van der Waals surface area contributed by atoms with Gasteiger partial charge in [-0.25, -0.2) is 0 Å². The molecule has 1 heterocycles. The molecular weight excluding hydrogens is 202 g/mol. The molecule has 3 heteroatoms. The van der Waals surface area contributed by atoms with Gasteiger partial charge in [0.1, 0.15) is 11.3 Å². The summed E-state index contributed by atoms with van der Waals surface area (Å²) in [6, 6.07) is 9.83. The molecule has 2 aromatic rings. The molecular formula is C13H15NO2. The summed E-state index contributed by atoms with van der Waals surface area (Å²) < 4.78 is 5.64. The lowest BCUT2D eigenvalue weighted by Crippen LogP contribution is -2.24. The monoisotopic (exact) mass is 217 g/mol. The average Bonchev–Trinajstić information content (AvgIpc) is 2.69. The fourth-order valence-corrected chi connectivity index (χ4v) is 1.71. The van der Waals surface area contributed by atoms with Crippen LogP contribution in [0.3, 0.4) is 0 Å². The van der Waals surface area contributed by atoms with E-state index in [-0.39, 0.29) is 5.91 Å². The number of hydrogen-bond donors (Lipinski definition) is 0.